The molecule has 0 N–H and O–H groups in total. The van der Waals surface area contributed by atoms with Crippen molar-refractivity contribution in [2.24, 2.45) is 46.3 Å². The molecule has 0 spiro atoms. The maximum absolute atomic E-state index is 12.4. The number of fused-ring (bicyclic) bond motifs is 5. The molecule has 4 nitrogen and oxygen atoms in total. The Bertz CT molecular complexity index is 685. The summed E-state index contributed by atoms with van der Waals surface area (Å²) in [5.74, 6) is 2.81. The number of carbonyl (C=O) groups is 2. The van der Waals surface area contributed by atoms with Crippen molar-refractivity contribution < 1.29 is 19.1 Å². The molecular weight excluding hydrogens is 388 g/mol. The molecule has 0 aromatic carbocycles. The van der Waals surface area contributed by atoms with Gasteiger partial charge < -0.3 is 14.3 Å². The highest BCUT2D eigenvalue weighted by molar-refractivity contribution is 6.02. The Morgan fingerprint density at radius 1 is 1.13 bits per heavy atom. The van der Waals surface area contributed by atoms with E-state index in [1.165, 1.54) is 37.7 Å². The summed E-state index contributed by atoms with van der Waals surface area (Å²) in [6.45, 7) is 9.45. The van der Waals surface area contributed by atoms with Gasteiger partial charge in [-0.1, -0.05) is 33.8 Å². The predicted octanol–water partition coefficient (Wildman–Crippen LogP) is 5.74. The molecule has 3 saturated carbocycles. The summed E-state index contributed by atoms with van der Waals surface area (Å²) < 4.78 is 10.0. The molecule has 0 radical (unpaired) electrons. The van der Waals surface area contributed by atoms with Gasteiger partial charge in [-0.25, -0.2) is 0 Å². The fourth-order valence-electron chi connectivity index (χ4n) is 8.20. The second-order valence-corrected chi connectivity index (χ2v) is 11.0. The zero-order valence-electron chi connectivity index (χ0n) is 20.1. The number of aldehydes is 1. The summed E-state index contributed by atoms with van der Waals surface area (Å²) >= 11 is 0. The van der Waals surface area contributed by atoms with Crippen molar-refractivity contribution in [1.82, 2.24) is 0 Å². The Hall–Kier alpha value is -1.00. The van der Waals surface area contributed by atoms with Gasteiger partial charge in [0, 0.05) is 21.3 Å². The summed E-state index contributed by atoms with van der Waals surface area (Å²) in [5, 5.41) is 0. The Labute approximate surface area is 190 Å². The van der Waals surface area contributed by atoms with Gasteiger partial charge in [-0.15, -0.1) is 0 Å². The van der Waals surface area contributed by atoms with Crippen LogP contribution in [0, 0.1) is 46.3 Å². The highest BCUT2D eigenvalue weighted by atomic mass is 16.5. The average Bonchev–Trinajstić information content (AvgIpc) is 3.06. The molecule has 9 atom stereocenters. The van der Waals surface area contributed by atoms with Crippen molar-refractivity contribution in [3.05, 3.63) is 11.6 Å². The molecule has 4 aliphatic rings. The van der Waals surface area contributed by atoms with E-state index in [1.54, 1.807) is 14.2 Å². The van der Waals surface area contributed by atoms with Gasteiger partial charge in [0.2, 0.25) is 0 Å². The molecule has 0 saturated heterocycles. The first-order valence-electron chi connectivity index (χ1n) is 11.8. The molecule has 178 valence electrons. The number of ketones is 1. The lowest BCUT2D eigenvalue weighted by Crippen LogP contribution is -2.54. The van der Waals surface area contributed by atoms with Crippen molar-refractivity contribution in [3.8, 4) is 0 Å². The fraction of sp³-hybridized carbons (Fsp3) is 0.852. The van der Waals surface area contributed by atoms with E-state index in [-0.39, 0.29) is 18.6 Å². The first kappa shape index (κ1) is 26.3. The molecule has 0 aromatic rings. The maximum atomic E-state index is 12.4. The van der Waals surface area contributed by atoms with E-state index in [4.69, 9.17) is 4.74 Å². The van der Waals surface area contributed by atoms with Gasteiger partial charge in [0.05, 0.1) is 12.0 Å². The summed E-state index contributed by atoms with van der Waals surface area (Å²) in [6, 6.07) is 0. The van der Waals surface area contributed by atoms with Crippen LogP contribution in [0.3, 0.4) is 0 Å². The van der Waals surface area contributed by atoms with Crippen LogP contribution in [-0.4, -0.2) is 39.5 Å². The van der Waals surface area contributed by atoms with E-state index in [9.17, 15) is 9.59 Å². The van der Waals surface area contributed by atoms with E-state index in [0.717, 1.165) is 24.5 Å². The molecule has 0 bridgehead atoms. The molecule has 4 rings (SSSR count). The lowest BCUT2D eigenvalue weighted by atomic mass is 9.44. The van der Waals surface area contributed by atoms with Gasteiger partial charge >= 0.3 is 0 Å². The van der Waals surface area contributed by atoms with Crippen molar-refractivity contribution >= 4 is 12.1 Å². The molecule has 4 aliphatic carbocycles. The Morgan fingerprint density at radius 2 is 1.77 bits per heavy atom. The number of allylic oxidation sites excluding steroid dienone is 1. The average molecular weight is 435 g/mol. The molecule has 0 heterocycles. The van der Waals surface area contributed by atoms with Crippen LogP contribution in [0.25, 0.3) is 0 Å². The zero-order chi connectivity index (χ0) is 22.3. The SMILES string of the molecule is C.COC.COC(C)C1CCC2C3C[C@H](C)C4=CC(=O)C(C=O)CC4(C)[C@H]3CCC12C. The van der Waals surface area contributed by atoms with E-state index in [1.807, 2.05) is 13.2 Å². The van der Waals surface area contributed by atoms with E-state index < -0.39 is 5.92 Å². The molecule has 4 heteroatoms. The smallest absolute Gasteiger partial charge is 0.165 e. The summed E-state index contributed by atoms with van der Waals surface area (Å²) in [6.07, 6.45) is 10.1. The van der Waals surface area contributed by atoms with E-state index in [0.29, 0.717) is 29.3 Å². The van der Waals surface area contributed by atoms with Crippen molar-refractivity contribution in [1.29, 1.82) is 0 Å². The van der Waals surface area contributed by atoms with Gasteiger partial charge in [0.15, 0.2) is 5.78 Å². The maximum Gasteiger partial charge on any atom is 0.165 e. The van der Waals surface area contributed by atoms with Gasteiger partial charge in [-0.2, -0.15) is 0 Å². The van der Waals surface area contributed by atoms with Gasteiger partial charge in [-0.05, 0) is 91.9 Å². The number of carbonyl (C=O) groups excluding carboxylic acids is 2. The molecule has 31 heavy (non-hydrogen) atoms. The summed E-state index contributed by atoms with van der Waals surface area (Å²) in [4.78, 5) is 23.9. The zero-order valence-corrected chi connectivity index (χ0v) is 20.1. The Balaban J connectivity index is 0.000000808. The first-order valence-corrected chi connectivity index (χ1v) is 11.8. The third kappa shape index (κ3) is 4.19. The van der Waals surface area contributed by atoms with Crippen molar-refractivity contribution in [2.45, 2.75) is 79.8 Å². The minimum absolute atomic E-state index is 0. The van der Waals surface area contributed by atoms with Gasteiger partial charge in [0.1, 0.15) is 6.29 Å². The van der Waals surface area contributed by atoms with E-state index >= 15 is 0 Å². The standard InChI is InChI=1S/C24H36O3.C2H6O.CH4/c1-14-10-17-19-7-6-18(15(2)27-5)23(19,3)9-8-20(17)24(4)12-16(13-25)22(26)11-21(14)24;1-3-2;/h11,13-20H,6-10,12H2,1-5H3;1-2H3;1H4/t14-,15?,16?,17?,18?,19?,20-,23?,24?;;/m0../s1. The lowest BCUT2D eigenvalue weighted by Gasteiger charge is -2.60. The van der Waals surface area contributed by atoms with Crippen LogP contribution < -0.4 is 0 Å². The largest absolute Gasteiger partial charge is 0.388 e. The van der Waals surface area contributed by atoms with Crippen LogP contribution in [0.1, 0.15) is 73.6 Å². The van der Waals surface area contributed by atoms with E-state index in [2.05, 4.69) is 32.4 Å². The van der Waals surface area contributed by atoms with Crippen LogP contribution in [0.2, 0.25) is 0 Å². The number of methoxy groups -OCH3 is 2. The quantitative estimate of drug-likeness (QED) is 0.420. The second-order valence-electron chi connectivity index (χ2n) is 11.0. The van der Waals surface area contributed by atoms with Gasteiger partial charge in [-0.3, -0.25) is 4.79 Å². The van der Waals surface area contributed by atoms with Crippen molar-refractivity contribution in [3.63, 3.8) is 0 Å². The third-order valence-electron chi connectivity index (χ3n) is 9.55. The number of rotatable bonds is 3. The number of hydrogen-bond acceptors (Lipinski definition) is 4. The molecule has 3 fully saturated rings. The Morgan fingerprint density at radius 3 is 2.35 bits per heavy atom. The second kappa shape index (κ2) is 9.87. The lowest BCUT2D eigenvalue weighted by molar-refractivity contribution is -0.130. The highest BCUT2D eigenvalue weighted by Crippen LogP contribution is 2.68. The fourth-order valence-corrected chi connectivity index (χ4v) is 8.20. The van der Waals surface area contributed by atoms with Crippen LogP contribution in [0.5, 0.6) is 0 Å². The van der Waals surface area contributed by atoms with Gasteiger partial charge in [0.25, 0.3) is 0 Å². The minimum Gasteiger partial charge on any atom is -0.388 e. The molecule has 7 unspecified atom stereocenters. The normalized spacial score (nSPS) is 44.4. The number of hydrogen-bond donors (Lipinski definition) is 0. The van der Waals surface area contributed by atoms with Crippen LogP contribution >= 0.6 is 0 Å². The molecule has 0 amide bonds. The summed E-state index contributed by atoms with van der Waals surface area (Å²) in [5.41, 5.74) is 1.74. The van der Waals surface area contributed by atoms with Crippen molar-refractivity contribution in [2.75, 3.05) is 21.3 Å². The first-order chi connectivity index (χ1) is 14.2. The Kier molecular flexibility index (Phi) is 8.36. The summed E-state index contributed by atoms with van der Waals surface area (Å²) in [7, 11) is 5.10. The van der Waals surface area contributed by atoms with Crippen LogP contribution in [0.15, 0.2) is 11.6 Å². The minimum atomic E-state index is -0.428. The topological polar surface area (TPSA) is 52.6 Å². The third-order valence-corrected chi connectivity index (χ3v) is 9.55. The molecule has 0 aromatic heterocycles. The molecular formula is C27H46O4. The number of ether oxygens (including phenoxy) is 2. The molecule has 0 aliphatic heterocycles. The monoisotopic (exact) mass is 434 g/mol. The van der Waals surface area contributed by atoms with Crippen LogP contribution in [-0.2, 0) is 19.1 Å². The highest BCUT2D eigenvalue weighted by Gasteiger charge is 2.61. The van der Waals surface area contributed by atoms with Crippen LogP contribution in [0.4, 0.5) is 0 Å². The predicted molar refractivity (Wildman–Crippen MR) is 126 cm³/mol.